The highest BCUT2D eigenvalue weighted by Crippen LogP contribution is 2.19. The highest BCUT2D eigenvalue weighted by molar-refractivity contribution is 7.89. The van der Waals surface area contributed by atoms with E-state index in [0.29, 0.717) is 11.3 Å². The average Bonchev–Trinajstić information content (AvgIpc) is 2.92. The molecule has 1 aromatic carbocycles. The van der Waals surface area contributed by atoms with Gasteiger partial charge in [-0.1, -0.05) is 6.07 Å². The monoisotopic (exact) mass is 415 g/mol. The van der Waals surface area contributed by atoms with Gasteiger partial charge in [0.25, 0.3) is 0 Å². The molecule has 8 nitrogen and oxygen atoms in total. The normalized spacial score (nSPS) is 12.9. The van der Waals surface area contributed by atoms with Gasteiger partial charge in [-0.25, -0.2) is 13.1 Å². The van der Waals surface area contributed by atoms with Gasteiger partial charge in [-0.05, 0) is 46.0 Å². The molecular formula is C17H26ClN5O3S. The number of rotatable bonds is 6. The number of hydrogen-bond donors (Lipinski definition) is 3. The molecule has 2 rings (SSSR count). The van der Waals surface area contributed by atoms with Gasteiger partial charge in [0.2, 0.25) is 15.9 Å². The number of nitrogens with zero attached hydrogens (tertiary/aromatic N) is 2. The zero-order valence-electron chi connectivity index (χ0n) is 16.0. The van der Waals surface area contributed by atoms with Crippen LogP contribution >= 0.6 is 12.4 Å². The molecular weight excluding hydrogens is 390 g/mol. The molecule has 1 heterocycles. The molecule has 150 valence electrons. The highest BCUT2D eigenvalue weighted by Gasteiger charge is 2.23. The van der Waals surface area contributed by atoms with Crippen molar-refractivity contribution in [3.05, 3.63) is 42.2 Å². The summed E-state index contributed by atoms with van der Waals surface area (Å²) < 4.78 is 29.1. The molecule has 0 saturated carbocycles. The SMILES string of the molecule is CNC(C(=O)Nc1cccc(S(=O)(=O)NC(C)(C)C)c1)c1cnn(C)c1.Cl. The second-order valence-corrected chi connectivity index (χ2v) is 8.72. The summed E-state index contributed by atoms with van der Waals surface area (Å²) in [4.78, 5) is 12.7. The molecule has 0 aliphatic carbocycles. The lowest BCUT2D eigenvalue weighted by Gasteiger charge is -2.20. The number of aromatic nitrogens is 2. The Morgan fingerprint density at radius 3 is 2.44 bits per heavy atom. The Balaban J connectivity index is 0.00000364. The Morgan fingerprint density at radius 2 is 1.93 bits per heavy atom. The summed E-state index contributed by atoms with van der Waals surface area (Å²) in [6, 6.07) is 5.55. The molecule has 0 radical (unpaired) electrons. The van der Waals surface area contributed by atoms with E-state index in [1.807, 2.05) is 0 Å². The highest BCUT2D eigenvalue weighted by atomic mass is 35.5. The van der Waals surface area contributed by atoms with Gasteiger partial charge in [0, 0.05) is 30.0 Å². The van der Waals surface area contributed by atoms with E-state index in [0.717, 1.165) is 0 Å². The maximum Gasteiger partial charge on any atom is 0.246 e. The molecule has 0 fully saturated rings. The van der Waals surface area contributed by atoms with Gasteiger partial charge < -0.3 is 10.6 Å². The maximum absolute atomic E-state index is 12.6. The van der Waals surface area contributed by atoms with E-state index in [1.54, 1.807) is 64.1 Å². The van der Waals surface area contributed by atoms with Crippen LogP contribution in [-0.2, 0) is 21.9 Å². The zero-order valence-corrected chi connectivity index (χ0v) is 17.6. The van der Waals surface area contributed by atoms with E-state index in [4.69, 9.17) is 0 Å². The van der Waals surface area contributed by atoms with Crippen LogP contribution in [0.4, 0.5) is 5.69 Å². The fourth-order valence-corrected chi connectivity index (χ4v) is 3.92. The van der Waals surface area contributed by atoms with Crippen LogP contribution in [0.25, 0.3) is 0 Å². The van der Waals surface area contributed by atoms with Crippen molar-refractivity contribution in [1.29, 1.82) is 0 Å². The number of anilines is 1. The van der Waals surface area contributed by atoms with Crippen LogP contribution in [0.5, 0.6) is 0 Å². The first-order valence-corrected chi connectivity index (χ1v) is 9.61. The van der Waals surface area contributed by atoms with Gasteiger partial charge in [0.15, 0.2) is 0 Å². The van der Waals surface area contributed by atoms with Crippen LogP contribution in [0.2, 0.25) is 0 Å². The Hall–Kier alpha value is -1.94. The molecule has 1 atom stereocenters. The number of carbonyl (C=O) groups is 1. The molecule has 10 heteroatoms. The Kier molecular flexibility index (Phi) is 7.56. The predicted octanol–water partition coefficient (Wildman–Crippen LogP) is 1.82. The quantitative estimate of drug-likeness (QED) is 0.667. The number of aryl methyl sites for hydroxylation is 1. The van der Waals surface area contributed by atoms with Crippen molar-refractivity contribution >= 4 is 34.0 Å². The molecule has 1 amide bonds. The second kappa shape index (κ2) is 8.83. The second-order valence-electron chi connectivity index (χ2n) is 7.04. The van der Waals surface area contributed by atoms with Crippen LogP contribution < -0.4 is 15.4 Å². The molecule has 1 aromatic heterocycles. The lowest BCUT2D eigenvalue weighted by Crippen LogP contribution is -2.40. The summed E-state index contributed by atoms with van der Waals surface area (Å²) in [5, 5.41) is 9.74. The molecule has 0 spiro atoms. The van der Waals surface area contributed by atoms with E-state index in [9.17, 15) is 13.2 Å². The average molecular weight is 416 g/mol. The third-order valence-electron chi connectivity index (χ3n) is 3.46. The van der Waals surface area contributed by atoms with E-state index < -0.39 is 21.6 Å². The van der Waals surface area contributed by atoms with Crippen LogP contribution in [-0.4, -0.2) is 36.7 Å². The minimum absolute atomic E-state index is 0. The summed E-state index contributed by atoms with van der Waals surface area (Å²) in [6.45, 7) is 5.30. The summed E-state index contributed by atoms with van der Waals surface area (Å²) in [7, 11) is -0.241. The van der Waals surface area contributed by atoms with E-state index in [-0.39, 0.29) is 23.2 Å². The largest absolute Gasteiger partial charge is 0.324 e. The Bertz CT molecular complexity index is 890. The smallest absolute Gasteiger partial charge is 0.246 e. The number of benzene rings is 1. The van der Waals surface area contributed by atoms with Crippen LogP contribution in [0.15, 0.2) is 41.6 Å². The summed E-state index contributed by atoms with van der Waals surface area (Å²) in [5.74, 6) is -0.307. The summed E-state index contributed by atoms with van der Waals surface area (Å²) in [5.41, 5.74) is 0.511. The number of hydrogen-bond acceptors (Lipinski definition) is 5. The van der Waals surface area contributed by atoms with Crippen molar-refractivity contribution in [3.63, 3.8) is 0 Å². The number of nitrogens with one attached hydrogen (secondary N) is 3. The third kappa shape index (κ3) is 6.31. The maximum atomic E-state index is 12.6. The van der Waals surface area contributed by atoms with Crippen molar-refractivity contribution in [2.45, 2.75) is 37.2 Å². The number of carbonyl (C=O) groups excluding carboxylic acids is 1. The minimum atomic E-state index is -3.68. The van der Waals surface area contributed by atoms with E-state index >= 15 is 0 Å². The predicted molar refractivity (Wildman–Crippen MR) is 107 cm³/mol. The standard InChI is InChI=1S/C17H25N5O3S.ClH/c1-17(2,3)21-26(24,25)14-8-6-7-13(9-14)20-16(23)15(18-4)12-10-19-22(5)11-12;/h6-11,15,18,21H,1-5H3,(H,20,23);1H. The summed E-state index contributed by atoms with van der Waals surface area (Å²) >= 11 is 0. The fraction of sp³-hybridized carbons (Fsp3) is 0.412. The fourth-order valence-electron chi connectivity index (χ4n) is 2.46. The first kappa shape index (κ1) is 23.1. The molecule has 0 saturated heterocycles. The van der Waals surface area contributed by atoms with Gasteiger partial charge in [-0.2, -0.15) is 5.10 Å². The van der Waals surface area contributed by atoms with Crippen LogP contribution in [0.3, 0.4) is 0 Å². The number of halogens is 1. The number of amides is 1. The molecule has 27 heavy (non-hydrogen) atoms. The first-order chi connectivity index (χ1) is 12.0. The van der Waals surface area contributed by atoms with E-state index in [1.165, 1.54) is 12.1 Å². The molecule has 2 aromatic rings. The van der Waals surface area contributed by atoms with Crippen LogP contribution in [0.1, 0.15) is 32.4 Å². The van der Waals surface area contributed by atoms with E-state index in [2.05, 4.69) is 20.5 Å². The minimum Gasteiger partial charge on any atom is -0.324 e. The Morgan fingerprint density at radius 1 is 1.26 bits per heavy atom. The zero-order chi connectivity index (χ0) is 19.5. The molecule has 3 N–H and O–H groups in total. The molecule has 0 aliphatic rings. The Labute approximate surface area is 166 Å². The van der Waals surface area contributed by atoms with Crippen molar-refractivity contribution in [1.82, 2.24) is 19.8 Å². The topological polar surface area (TPSA) is 105 Å². The van der Waals surface area contributed by atoms with Crippen molar-refractivity contribution in [3.8, 4) is 0 Å². The lowest BCUT2D eigenvalue weighted by molar-refractivity contribution is -0.118. The van der Waals surface area contributed by atoms with Gasteiger partial charge >= 0.3 is 0 Å². The summed E-state index contributed by atoms with van der Waals surface area (Å²) in [6.07, 6.45) is 3.35. The van der Waals surface area contributed by atoms with Gasteiger partial charge in [0.05, 0.1) is 11.1 Å². The van der Waals surface area contributed by atoms with Crippen LogP contribution in [0, 0.1) is 0 Å². The van der Waals surface area contributed by atoms with Crippen molar-refractivity contribution < 1.29 is 13.2 Å². The molecule has 0 bridgehead atoms. The molecule has 1 unspecified atom stereocenters. The van der Waals surface area contributed by atoms with Gasteiger partial charge in [-0.15, -0.1) is 12.4 Å². The lowest BCUT2D eigenvalue weighted by atomic mass is 10.1. The van der Waals surface area contributed by atoms with Gasteiger partial charge in [-0.3, -0.25) is 9.48 Å². The van der Waals surface area contributed by atoms with Crippen molar-refractivity contribution in [2.75, 3.05) is 12.4 Å². The number of likely N-dealkylation sites (N-methyl/N-ethyl adjacent to an activating group) is 1. The first-order valence-electron chi connectivity index (χ1n) is 8.12. The van der Waals surface area contributed by atoms with Gasteiger partial charge in [0.1, 0.15) is 6.04 Å². The molecule has 0 aliphatic heterocycles. The number of sulfonamides is 1. The van der Waals surface area contributed by atoms with Crippen molar-refractivity contribution in [2.24, 2.45) is 7.05 Å². The third-order valence-corrected chi connectivity index (χ3v) is 5.22.